The van der Waals surface area contributed by atoms with Gasteiger partial charge in [0.25, 0.3) is 5.91 Å². The summed E-state index contributed by atoms with van der Waals surface area (Å²) in [6.45, 7) is 2.01. The molecule has 2 N–H and O–H groups in total. The van der Waals surface area contributed by atoms with E-state index in [2.05, 4.69) is 15.5 Å². The highest BCUT2D eigenvalue weighted by atomic mass is 16.5. The lowest BCUT2D eigenvalue weighted by molar-refractivity contribution is 0.102. The zero-order valence-corrected chi connectivity index (χ0v) is 13.7. The Morgan fingerprint density at radius 1 is 1.12 bits per heavy atom. The minimum atomic E-state index is -0.222. The number of methoxy groups -OCH3 is 1. The molecule has 0 aliphatic heterocycles. The van der Waals surface area contributed by atoms with Gasteiger partial charge < -0.3 is 10.1 Å². The van der Waals surface area contributed by atoms with Crippen LogP contribution in [0, 0.1) is 0 Å². The van der Waals surface area contributed by atoms with E-state index in [0.717, 1.165) is 23.4 Å². The van der Waals surface area contributed by atoms with E-state index in [9.17, 15) is 4.79 Å². The number of benzene rings is 2. The monoisotopic (exact) mass is 321 g/mol. The number of H-pyrrole nitrogens is 1. The molecule has 122 valence electrons. The molecule has 0 saturated carbocycles. The van der Waals surface area contributed by atoms with Crippen LogP contribution < -0.4 is 10.1 Å². The number of nitrogens with zero attached hydrogens (tertiary/aromatic N) is 1. The Balaban J connectivity index is 1.98. The van der Waals surface area contributed by atoms with Crippen LogP contribution in [0.5, 0.6) is 5.75 Å². The molecule has 0 fully saturated rings. The maximum absolute atomic E-state index is 12.7. The van der Waals surface area contributed by atoms with Crippen molar-refractivity contribution in [1.29, 1.82) is 0 Å². The summed E-state index contributed by atoms with van der Waals surface area (Å²) in [6.07, 6.45) is 0.737. The normalized spacial score (nSPS) is 10.4. The molecule has 3 aromatic rings. The second-order valence-corrected chi connectivity index (χ2v) is 5.30. The lowest BCUT2D eigenvalue weighted by atomic mass is 10.1. The number of hydrogen-bond donors (Lipinski definition) is 2. The fraction of sp³-hybridized carbons (Fsp3) is 0.158. The van der Waals surface area contributed by atoms with Crippen LogP contribution in [0.2, 0.25) is 0 Å². The molecule has 2 aromatic carbocycles. The molecular weight excluding hydrogens is 302 g/mol. The molecule has 1 aromatic heterocycles. The Hall–Kier alpha value is -3.08. The van der Waals surface area contributed by atoms with Crippen LogP contribution in [0.15, 0.2) is 54.6 Å². The zero-order chi connectivity index (χ0) is 16.9. The molecule has 3 rings (SSSR count). The number of aromatic nitrogens is 2. The van der Waals surface area contributed by atoms with Crippen molar-refractivity contribution < 1.29 is 9.53 Å². The first-order valence-electron chi connectivity index (χ1n) is 7.81. The van der Waals surface area contributed by atoms with Crippen molar-refractivity contribution in [3.8, 4) is 17.0 Å². The van der Waals surface area contributed by atoms with Gasteiger partial charge in [0.15, 0.2) is 0 Å². The lowest BCUT2D eigenvalue weighted by Gasteiger charge is -2.10. The quantitative estimate of drug-likeness (QED) is 0.749. The van der Waals surface area contributed by atoms with Gasteiger partial charge in [-0.1, -0.05) is 49.4 Å². The van der Waals surface area contributed by atoms with E-state index in [1.807, 2.05) is 49.4 Å². The maximum Gasteiger partial charge on any atom is 0.259 e. The highest BCUT2D eigenvalue weighted by Gasteiger charge is 2.18. The van der Waals surface area contributed by atoms with Crippen molar-refractivity contribution >= 4 is 11.6 Å². The van der Waals surface area contributed by atoms with Crippen LogP contribution in [-0.4, -0.2) is 23.2 Å². The van der Waals surface area contributed by atoms with Crippen LogP contribution in [0.1, 0.15) is 23.0 Å². The number of para-hydroxylation sites is 1. The molecule has 24 heavy (non-hydrogen) atoms. The SMILES string of the molecule is CCc1[nH]nc(-c2ccccc2)c1NC(=O)c1ccccc1OC. The first-order chi connectivity index (χ1) is 11.7. The van der Waals surface area contributed by atoms with Crippen LogP contribution in [0.3, 0.4) is 0 Å². The molecule has 5 nitrogen and oxygen atoms in total. The van der Waals surface area contributed by atoms with Gasteiger partial charge in [0, 0.05) is 5.56 Å². The van der Waals surface area contributed by atoms with E-state index >= 15 is 0 Å². The Labute approximate surface area is 140 Å². The number of nitrogens with one attached hydrogen (secondary N) is 2. The summed E-state index contributed by atoms with van der Waals surface area (Å²) >= 11 is 0. The third-order valence-corrected chi connectivity index (χ3v) is 3.83. The maximum atomic E-state index is 12.7. The Morgan fingerprint density at radius 2 is 1.83 bits per heavy atom. The van der Waals surface area contributed by atoms with E-state index in [0.29, 0.717) is 17.0 Å². The van der Waals surface area contributed by atoms with Gasteiger partial charge in [-0.25, -0.2) is 0 Å². The molecule has 0 aliphatic rings. The molecular formula is C19H19N3O2. The van der Waals surface area contributed by atoms with E-state index in [-0.39, 0.29) is 5.91 Å². The van der Waals surface area contributed by atoms with Crippen molar-refractivity contribution in [1.82, 2.24) is 10.2 Å². The van der Waals surface area contributed by atoms with Crippen molar-refractivity contribution in [2.24, 2.45) is 0 Å². The third-order valence-electron chi connectivity index (χ3n) is 3.83. The van der Waals surface area contributed by atoms with E-state index in [4.69, 9.17) is 4.74 Å². The summed E-state index contributed by atoms with van der Waals surface area (Å²) in [4.78, 5) is 12.7. The van der Waals surface area contributed by atoms with E-state index in [1.54, 1.807) is 19.2 Å². The summed E-state index contributed by atoms with van der Waals surface area (Å²) in [6, 6.07) is 16.9. The number of ether oxygens (including phenoxy) is 1. The van der Waals surface area contributed by atoms with Gasteiger partial charge in [-0.05, 0) is 18.6 Å². The number of carbonyl (C=O) groups is 1. The van der Waals surface area contributed by atoms with Gasteiger partial charge in [-0.2, -0.15) is 5.10 Å². The standard InChI is InChI=1S/C19H19N3O2/c1-3-15-18(17(22-21-15)13-9-5-4-6-10-13)20-19(23)14-11-7-8-12-16(14)24-2/h4-12H,3H2,1-2H3,(H,20,23)(H,21,22). The fourth-order valence-electron chi connectivity index (χ4n) is 2.59. The number of anilines is 1. The average Bonchev–Trinajstić information content (AvgIpc) is 3.04. The summed E-state index contributed by atoms with van der Waals surface area (Å²) in [5.74, 6) is 0.318. The molecule has 0 bridgehead atoms. The summed E-state index contributed by atoms with van der Waals surface area (Å²) in [5.41, 5.74) is 3.76. The Kier molecular flexibility index (Phi) is 4.61. The third kappa shape index (κ3) is 3.01. The predicted octanol–water partition coefficient (Wildman–Crippen LogP) is 3.90. The largest absolute Gasteiger partial charge is 0.496 e. The molecule has 0 unspecified atom stereocenters. The van der Waals surface area contributed by atoms with Crippen molar-refractivity contribution in [3.05, 3.63) is 65.9 Å². The number of aryl methyl sites for hydroxylation is 1. The van der Waals surface area contributed by atoms with Crippen LogP contribution in [0.4, 0.5) is 5.69 Å². The number of rotatable bonds is 5. The summed E-state index contributed by atoms with van der Waals surface area (Å²) < 4.78 is 5.27. The van der Waals surface area contributed by atoms with Crippen molar-refractivity contribution in [2.45, 2.75) is 13.3 Å². The second-order valence-electron chi connectivity index (χ2n) is 5.30. The molecule has 1 amide bonds. The van der Waals surface area contributed by atoms with Crippen molar-refractivity contribution in [3.63, 3.8) is 0 Å². The summed E-state index contributed by atoms with van der Waals surface area (Å²) in [7, 11) is 1.55. The fourth-order valence-corrected chi connectivity index (χ4v) is 2.59. The smallest absolute Gasteiger partial charge is 0.259 e. The van der Waals surface area contributed by atoms with Gasteiger partial charge in [-0.3, -0.25) is 9.89 Å². The lowest BCUT2D eigenvalue weighted by Crippen LogP contribution is -2.14. The van der Waals surface area contributed by atoms with E-state index < -0.39 is 0 Å². The van der Waals surface area contributed by atoms with Gasteiger partial charge in [0.05, 0.1) is 24.1 Å². The molecule has 1 heterocycles. The zero-order valence-electron chi connectivity index (χ0n) is 13.7. The molecule has 0 radical (unpaired) electrons. The second kappa shape index (κ2) is 7.00. The first kappa shape index (κ1) is 15.8. The van der Waals surface area contributed by atoms with Gasteiger partial charge in [0.2, 0.25) is 0 Å². The first-order valence-corrected chi connectivity index (χ1v) is 7.81. The molecule has 0 saturated heterocycles. The van der Waals surface area contributed by atoms with Crippen LogP contribution >= 0.6 is 0 Å². The molecule has 5 heteroatoms. The topological polar surface area (TPSA) is 67.0 Å². The minimum Gasteiger partial charge on any atom is -0.496 e. The van der Waals surface area contributed by atoms with Gasteiger partial charge in [-0.15, -0.1) is 0 Å². The molecule has 0 atom stereocenters. The van der Waals surface area contributed by atoms with Crippen LogP contribution in [0.25, 0.3) is 11.3 Å². The summed E-state index contributed by atoms with van der Waals surface area (Å²) in [5, 5.41) is 10.4. The number of carbonyl (C=O) groups excluding carboxylic acids is 1. The van der Waals surface area contributed by atoms with Gasteiger partial charge in [0.1, 0.15) is 11.4 Å². The highest BCUT2D eigenvalue weighted by Crippen LogP contribution is 2.30. The molecule has 0 aliphatic carbocycles. The van der Waals surface area contributed by atoms with Crippen molar-refractivity contribution in [2.75, 3.05) is 12.4 Å². The van der Waals surface area contributed by atoms with E-state index in [1.165, 1.54) is 0 Å². The Bertz CT molecular complexity index is 841. The minimum absolute atomic E-state index is 0.222. The number of amides is 1. The van der Waals surface area contributed by atoms with Gasteiger partial charge >= 0.3 is 0 Å². The average molecular weight is 321 g/mol. The predicted molar refractivity (Wildman–Crippen MR) is 94.3 cm³/mol. The number of aromatic amines is 1. The Morgan fingerprint density at radius 3 is 2.54 bits per heavy atom. The van der Waals surface area contributed by atoms with Crippen LogP contribution in [-0.2, 0) is 6.42 Å². The highest BCUT2D eigenvalue weighted by molar-refractivity contribution is 6.08. The number of hydrogen-bond acceptors (Lipinski definition) is 3. The molecule has 0 spiro atoms.